The van der Waals surface area contributed by atoms with Crippen molar-refractivity contribution in [1.29, 1.82) is 0 Å². The van der Waals surface area contributed by atoms with Crippen molar-refractivity contribution in [3.63, 3.8) is 0 Å². The van der Waals surface area contributed by atoms with Crippen molar-refractivity contribution in [3.8, 4) is 11.4 Å². The Morgan fingerprint density at radius 1 is 1.25 bits per heavy atom. The summed E-state index contributed by atoms with van der Waals surface area (Å²) in [6.45, 7) is 0.301. The quantitative estimate of drug-likeness (QED) is 0.781. The SMILES string of the molecule is COc1ccccc1CNC(=O)c1cn(-c2cccc(F)c2)nn1. The Morgan fingerprint density at radius 2 is 2.08 bits per heavy atom. The first-order chi connectivity index (χ1) is 11.7. The molecule has 3 rings (SSSR count). The number of hydrogen-bond acceptors (Lipinski definition) is 4. The number of methoxy groups -OCH3 is 1. The summed E-state index contributed by atoms with van der Waals surface area (Å²) in [7, 11) is 1.57. The van der Waals surface area contributed by atoms with Gasteiger partial charge in [0.2, 0.25) is 0 Å². The number of hydrogen-bond donors (Lipinski definition) is 1. The summed E-state index contributed by atoms with van der Waals surface area (Å²) < 4.78 is 19.8. The fraction of sp³-hybridized carbons (Fsp3) is 0.118. The molecule has 0 aliphatic carbocycles. The molecular formula is C17H15FN4O2. The minimum atomic E-state index is -0.384. The van der Waals surface area contributed by atoms with Gasteiger partial charge in [-0.3, -0.25) is 4.79 Å². The van der Waals surface area contributed by atoms with E-state index < -0.39 is 0 Å². The van der Waals surface area contributed by atoms with Crippen molar-refractivity contribution in [1.82, 2.24) is 20.3 Å². The van der Waals surface area contributed by atoms with Crippen LogP contribution in [0.1, 0.15) is 16.1 Å². The molecule has 1 aromatic heterocycles. The second-order valence-electron chi connectivity index (χ2n) is 5.02. The molecule has 0 saturated carbocycles. The molecule has 0 spiro atoms. The Labute approximate surface area is 137 Å². The molecular weight excluding hydrogens is 311 g/mol. The summed E-state index contributed by atoms with van der Waals surface area (Å²) in [6, 6.07) is 13.3. The van der Waals surface area contributed by atoms with E-state index in [1.54, 1.807) is 19.2 Å². The lowest BCUT2D eigenvalue weighted by Crippen LogP contribution is -2.23. The monoisotopic (exact) mass is 326 g/mol. The van der Waals surface area contributed by atoms with Gasteiger partial charge in [0, 0.05) is 12.1 Å². The van der Waals surface area contributed by atoms with Gasteiger partial charge in [-0.05, 0) is 24.3 Å². The van der Waals surface area contributed by atoms with Gasteiger partial charge in [-0.15, -0.1) is 5.10 Å². The third kappa shape index (κ3) is 3.40. The van der Waals surface area contributed by atoms with Crippen LogP contribution in [-0.2, 0) is 6.54 Å². The summed E-state index contributed by atoms with van der Waals surface area (Å²) in [5.41, 5.74) is 1.49. The van der Waals surface area contributed by atoms with E-state index in [0.29, 0.717) is 18.0 Å². The number of carbonyl (C=O) groups is 1. The van der Waals surface area contributed by atoms with Crippen LogP contribution in [0, 0.1) is 5.82 Å². The van der Waals surface area contributed by atoms with Crippen LogP contribution >= 0.6 is 0 Å². The molecule has 24 heavy (non-hydrogen) atoms. The molecule has 0 unspecified atom stereocenters. The summed E-state index contributed by atoms with van der Waals surface area (Å²) >= 11 is 0. The fourth-order valence-corrected chi connectivity index (χ4v) is 2.23. The van der Waals surface area contributed by atoms with Crippen molar-refractivity contribution >= 4 is 5.91 Å². The lowest BCUT2D eigenvalue weighted by molar-refractivity contribution is 0.0945. The number of benzene rings is 2. The fourth-order valence-electron chi connectivity index (χ4n) is 2.23. The Bertz CT molecular complexity index is 863. The number of carbonyl (C=O) groups excluding carboxylic acids is 1. The first kappa shape index (κ1) is 15.7. The topological polar surface area (TPSA) is 69.0 Å². The number of ether oxygens (including phenoxy) is 1. The predicted molar refractivity (Wildman–Crippen MR) is 85.5 cm³/mol. The highest BCUT2D eigenvalue weighted by molar-refractivity contribution is 5.91. The smallest absolute Gasteiger partial charge is 0.273 e. The first-order valence-corrected chi connectivity index (χ1v) is 7.26. The van der Waals surface area contributed by atoms with Crippen LogP contribution in [0.2, 0.25) is 0 Å². The normalized spacial score (nSPS) is 10.4. The molecule has 0 aliphatic rings. The van der Waals surface area contributed by atoms with Crippen LogP contribution in [0.3, 0.4) is 0 Å². The van der Waals surface area contributed by atoms with Crippen molar-refractivity contribution in [2.75, 3.05) is 7.11 Å². The molecule has 0 bridgehead atoms. The highest BCUT2D eigenvalue weighted by atomic mass is 19.1. The molecule has 1 N–H and O–H groups in total. The zero-order valence-corrected chi connectivity index (χ0v) is 12.9. The zero-order valence-electron chi connectivity index (χ0n) is 12.9. The molecule has 0 aliphatic heterocycles. The molecule has 0 saturated heterocycles. The number of nitrogens with one attached hydrogen (secondary N) is 1. The van der Waals surface area contributed by atoms with Crippen LogP contribution in [0.15, 0.2) is 54.7 Å². The van der Waals surface area contributed by atoms with E-state index in [2.05, 4.69) is 15.6 Å². The number of para-hydroxylation sites is 1. The molecule has 0 fully saturated rings. The molecule has 2 aromatic carbocycles. The highest BCUT2D eigenvalue weighted by Gasteiger charge is 2.12. The van der Waals surface area contributed by atoms with Gasteiger partial charge in [-0.25, -0.2) is 9.07 Å². The minimum Gasteiger partial charge on any atom is -0.496 e. The number of nitrogens with zero attached hydrogens (tertiary/aromatic N) is 3. The van der Waals surface area contributed by atoms with Crippen LogP contribution in [0.25, 0.3) is 5.69 Å². The van der Waals surface area contributed by atoms with Crippen molar-refractivity contribution < 1.29 is 13.9 Å². The molecule has 7 heteroatoms. The maximum absolute atomic E-state index is 13.2. The average molecular weight is 326 g/mol. The maximum atomic E-state index is 13.2. The Morgan fingerprint density at radius 3 is 2.88 bits per heavy atom. The van der Waals surface area contributed by atoms with Crippen LogP contribution < -0.4 is 10.1 Å². The standard InChI is InChI=1S/C17H15FN4O2/c1-24-16-8-3-2-5-12(16)10-19-17(23)15-11-22(21-20-15)14-7-4-6-13(18)9-14/h2-9,11H,10H2,1H3,(H,19,23). The summed E-state index contributed by atoms with van der Waals surface area (Å²) in [5, 5.41) is 10.4. The predicted octanol–water partition coefficient (Wildman–Crippen LogP) is 2.34. The number of halogens is 1. The third-order valence-electron chi connectivity index (χ3n) is 3.43. The van der Waals surface area contributed by atoms with Gasteiger partial charge >= 0.3 is 0 Å². The summed E-state index contributed by atoms with van der Waals surface area (Å²) in [4.78, 5) is 12.2. The van der Waals surface area contributed by atoms with Gasteiger partial charge in [-0.2, -0.15) is 0 Å². The molecule has 1 amide bonds. The van der Waals surface area contributed by atoms with Gasteiger partial charge in [0.1, 0.15) is 11.6 Å². The first-order valence-electron chi connectivity index (χ1n) is 7.26. The highest BCUT2D eigenvalue weighted by Crippen LogP contribution is 2.16. The Balaban J connectivity index is 1.70. The second kappa shape index (κ2) is 6.91. The van der Waals surface area contributed by atoms with E-state index in [0.717, 1.165) is 5.56 Å². The largest absolute Gasteiger partial charge is 0.496 e. The lowest BCUT2D eigenvalue weighted by atomic mass is 10.2. The van der Waals surface area contributed by atoms with Gasteiger partial charge in [-0.1, -0.05) is 29.5 Å². The van der Waals surface area contributed by atoms with Crippen LogP contribution in [0.4, 0.5) is 4.39 Å². The van der Waals surface area contributed by atoms with Crippen molar-refractivity contribution in [3.05, 3.63) is 71.8 Å². The van der Waals surface area contributed by atoms with Gasteiger partial charge in [0.15, 0.2) is 5.69 Å². The molecule has 1 heterocycles. The summed E-state index contributed by atoms with van der Waals surface area (Å²) in [5.74, 6) is -0.0602. The summed E-state index contributed by atoms with van der Waals surface area (Å²) in [6.07, 6.45) is 1.45. The average Bonchev–Trinajstić information content (AvgIpc) is 3.10. The Kier molecular flexibility index (Phi) is 4.51. The second-order valence-corrected chi connectivity index (χ2v) is 5.02. The lowest BCUT2D eigenvalue weighted by Gasteiger charge is -2.08. The van der Waals surface area contributed by atoms with E-state index in [1.807, 2.05) is 24.3 Å². The number of rotatable bonds is 5. The van der Waals surface area contributed by atoms with Crippen LogP contribution in [0.5, 0.6) is 5.75 Å². The minimum absolute atomic E-state index is 0.147. The van der Waals surface area contributed by atoms with E-state index in [4.69, 9.17) is 4.74 Å². The molecule has 3 aromatic rings. The zero-order chi connectivity index (χ0) is 16.9. The van der Waals surface area contributed by atoms with Crippen molar-refractivity contribution in [2.24, 2.45) is 0 Å². The van der Waals surface area contributed by atoms with E-state index >= 15 is 0 Å². The maximum Gasteiger partial charge on any atom is 0.273 e. The molecule has 0 atom stereocenters. The van der Waals surface area contributed by atoms with E-state index in [9.17, 15) is 9.18 Å². The van der Waals surface area contributed by atoms with E-state index in [1.165, 1.54) is 23.0 Å². The van der Waals surface area contributed by atoms with Gasteiger partial charge in [0.25, 0.3) is 5.91 Å². The van der Waals surface area contributed by atoms with Gasteiger partial charge in [0.05, 0.1) is 19.0 Å². The number of amides is 1. The Hall–Kier alpha value is -3.22. The third-order valence-corrected chi connectivity index (χ3v) is 3.43. The molecule has 0 radical (unpaired) electrons. The van der Waals surface area contributed by atoms with Crippen molar-refractivity contribution in [2.45, 2.75) is 6.54 Å². The van der Waals surface area contributed by atoms with E-state index in [-0.39, 0.29) is 17.4 Å². The molecule has 122 valence electrons. The molecule has 6 nitrogen and oxygen atoms in total. The number of aromatic nitrogens is 3. The van der Waals surface area contributed by atoms with Crippen LogP contribution in [-0.4, -0.2) is 28.0 Å². The van der Waals surface area contributed by atoms with Gasteiger partial charge < -0.3 is 10.1 Å².